The number of rotatable bonds is 25. The molecule has 0 aliphatic carbocycles. The molecule has 2 aromatic heterocycles. The van der Waals surface area contributed by atoms with Gasteiger partial charge in [0.15, 0.2) is 5.82 Å². The molecule has 0 spiro atoms. The lowest BCUT2D eigenvalue weighted by atomic mass is 10.0. The molecule has 68 heavy (non-hydrogen) atoms. The molecule has 22 heteroatoms. The summed E-state index contributed by atoms with van der Waals surface area (Å²) in [6.07, 6.45) is 2.86. The van der Waals surface area contributed by atoms with Crippen molar-refractivity contribution in [3.8, 4) is 5.75 Å². The summed E-state index contributed by atoms with van der Waals surface area (Å²) in [4.78, 5) is 78.4. The molecule has 3 aliphatic rings. The second-order valence-corrected chi connectivity index (χ2v) is 18.0. The van der Waals surface area contributed by atoms with E-state index in [0.717, 1.165) is 15.5 Å². The van der Waals surface area contributed by atoms with E-state index in [2.05, 4.69) is 26.3 Å². The number of fused-ring (bicyclic) bond motifs is 2. The summed E-state index contributed by atoms with van der Waals surface area (Å²) in [6, 6.07) is 13.2. The predicted molar refractivity (Wildman–Crippen MR) is 256 cm³/mol. The fourth-order valence-corrected chi connectivity index (χ4v) is 9.20. The topological polar surface area (TPSA) is 232 Å². The second-order valence-electron chi connectivity index (χ2n) is 16.2. The lowest BCUT2D eigenvalue weighted by Crippen LogP contribution is -2.52. The number of hydroxylamine groups is 2. The number of halogens is 1. The van der Waals surface area contributed by atoms with Gasteiger partial charge in [0.1, 0.15) is 23.5 Å². The van der Waals surface area contributed by atoms with Crippen molar-refractivity contribution in [1.82, 2.24) is 30.6 Å². The zero-order valence-corrected chi connectivity index (χ0v) is 39.8. The molecule has 7 rings (SSSR count). The van der Waals surface area contributed by atoms with Crippen LogP contribution in [0, 0.1) is 5.21 Å². The van der Waals surface area contributed by atoms with E-state index in [0.29, 0.717) is 109 Å². The Morgan fingerprint density at radius 1 is 1.00 bits per heavy atom. The Hall–Kier alpha value is -5.78. The van der Waals surface area contributed by atoms with Gasteiger partial charge in [-0.05, 0) is 54.8 Å². The highest BCUT2D eigenvalue weighted by Gasteiger charge is 2.40. The number of hydrogen-bond donors (Lipinski definition) is 4. The Morgan fingerprint density at radius 3 is 2.51 bits per heavy atom. The van der Waals surface area contributed by atoms with Crippen molar-refractivity contribution >= 4 is 81.3 Å². The van der Waals surface area contributed by atoms with Crippen LogP contribution in [0.2, 0.25) is 4.34 Å². The molecule has 20 nitrogen and oxygen atoms in total. The molecular weight excluding hydrogens is 920 g/mol. The van der Waals surface area contributed by atoms with Crippen LogP contribution in [0.15, 0.2) is 54.7 Å². The monoisotopic (exact) mass is 975 g/mol. The molecule has 3 aliphatic heterocycles. The van der Waals surface area contributed by atoms with E-state index < -0.39 is 18.0 Å². The molecule has 0 bridgehead atoms. The van der Waals surface area contributed by atoms with Crippen molar-refractivity contribution in [2.45, 2.75) is 64.3 Å². The number of aromatic nitrogens is 2. The smallest absolute Gasteiger partial charge is 0.255 e. The number of likely N-dealkylation sites (N-methyl/N-ethyl adjacent to an activating group) is 1. The van der Waals surface area contributed by atoms with Gasteiger partial charge in [0, 0.05) is 74.3 Å². The second kappa shape index (κ2) is 24.0. The van der Waals surface area contributed by atoms with Crippen molar-refractivity contribution in [2.24, 2.45) is 0 Å². The highest BCUT2D eigenvalue weighted by atomic mass is 35.5. The van der Waals surface area contributed by atoms with E-state index in [1.165, 1.54) is 16.2 Å². The molecule has 364 valence electrons. The summed E-state index contributed by atoms with van der Waals surface area (Å²) in [7, 11) is 3.28. The molecule has 2 aromatic carbocycles. The van der Waals surface area contributed by atoms with Gasteiger partial charge >= 0.3 is 0 Å². The summed E-state index contributed by atoms with van der Waals surface area (Å²) in [5, 5.41) is 25.2. The van der Waals surface area contributed by atoms with Gasteiger partial charge in [0.05, 0.1) is 69.5 Å². The Morgan fingerprint density at radius 2 is 1.78 bits per heavy atom. The van der Waals surface area contributed by atoms with E-state index in [-0.39, 0.29) is 69.1 Å². The van der Waals surface area contributed by atoms with Crippen molar-refractivity contribution in [3.63, 3.8) is 0 Å². The van der Waals surface area contributed by atoms with Crippen molar-refractivity contribution in [3.05, 3.63) is 85.8 Å². The minimum Gasteiger partial charge on any atom is -0.785 e. The first-order chi connectivity index (χ1) is 32.9. The molecule has 5 heterocycles. The quantitative estimate of drug-likeness (QED) is 0.0409. The molecule has 5 amide bonds. The first-order valence-corrected chi connectivity index (χ1v) is 23.6. The fraction of sp³-hybridized carbons (Fsp3) is 0.457. The summed E-state index contributed by atoms with van der Waals surface area (Å²) < 4.78 is 23.1. The van der Waals surface area contributed by atoms with Gasteiger partial charge in [0.25, 0.3) is 5.91 Å². The Labute approximate surface area is 403 Å². The number of benzene rings is 2. The largest absolute Gasteiger partial charge is 0.785 e. The van der Waals surface area contributed by atoms with E-state index >= 15 is 0 Å². The number of hydrogen-bond acceptors (Lipinski definition) is 17. The first-order valence-electron chi connectivity index (χ1n) is 22.5. The SMILES string of the molecule is CCC1C(=O)N(C)c2cnc(Nc3ccc(CN([O-])CCOCCOCCOCCNCCC(=O)Nc4cccc5c4CN(C4CCC(=O)NC4=O)C5=O)cc3OC)nc2N1Cc1ccc(Cl)s1. The fourth-order valence-electron chi connectivity index (χ4n) is 8.12. The summed E-state index contributed by atoms with van der Waals surface area (Å²) in [5.41, 5.74) is 3.57. The number of carbonyl (C=O) groups excluding carboxylic acids is 5. The van der Waals surface area contributed by atoms with Gasteiger partial charge < -0.3 is 59.9 Å². The third-order valence-corrected chi connectivity index (χ3v) is 12.8. The summed E-state index contributed by atoms with van der Waals surface area (Å²) in [5.74, 6) is 0.0721. The van der Waals surface area contributed by atoms with Gasteiger partial charge in [-0.25, -0.2) is 4.98 Å². The van der Waals surface area contributed by atoms with Gasteiger partial charge in [-0.1, -0.05) is 30.7 Å². The van der Waals surface area contributed by atoms with Crippen LogP contribution >= 0.6 is 22.9 Å². The molecular formula is C46H56ClN10O10S-. The van der Waals surface area contributed by atoms with E-state index in [4.69, 9.17) is 35.5 Å². The number of methoxy groups -OCH3 is 1. The number of carbonyl (C=O) groups is 5. The van der Waals surface area contributed by atoms with E-state index in [9.17, 15) is 29.2 Å². The molecule has 4 N–H and O–H groups in total. The molecule has 0 saturated carbocycles. The summed E-state index contributed by atoms with van der Waals surface area (Å²) in [6.45, 7) is 5.92. The van der Waals surface area contributed by atoms with Crippen LogP contribution in [0.3, 0.4) is 0 Å². The van der Waals surface area contributed by atoms with Crippen molar-refractivity contribution < 1.29 is 42.9 Å². The number of imide groups is 1. The molecule has 4 aromatic rings. The van der Waals surface area contributed by atoms with Crippen LogP contribution in [0.25, 0.3) is 0 Å². The number of amides is 5. The first kappa shape index (κ1) is 50.1. The van der Waals surface area contributed by atoms with Gasteiger partial charge in [-0.3, -0.25) is 29.3 Å². The van der Waals surface area contributed by atoms with E-state index in [1.54, 1.807) is 49.5 Å². The third-order valence-electron chi connectivity index (χ3n) is 11.6. The molecule has 2 unspecified atom stereocenters. The number of nitrogens with zero attached hydrogens (tertiary/aromatic N) is 6. The van der Waals surface area contributed by atoms with Crippen molar-refractivity contribution in [2.75, 3.05) is 93.9 Å². The lowest BCUT2D eigenvalue weighted by molar-refractivity contribution is -0.137. The van der Waals surface area contributed by atoms with Gasteiger partial charge in [0.2, 0.25) is 29.6 Å². The lowest BCUT2D eigenvalue weighted by Gasteiger charge is -2.40. The normalized spacial score (nSPS) is 16.9. The zero-order chi connectivity index (χ0) is 48.2. The van der Waals surface area contributed by atoms with Crippen LogP contribution < -0.4 is 35.8 Å². The maximum absolute atomic E-state index is 13.3. The standard InChI is InChI=1S/C46H56ClN10O10S/c1-4-35-45(62)54(2)37-25-49-46(53-42(37)56(35)27-30-9-12-39(47)68-30)51-34-10-8-29(24-38(34)64-3)26-55(63)17-19-66-21-23-67-22-20-65-18-16-48-15-14-41(59)50-33-7-5-6-31-32(33)28-57(44(31)61)36-11-13-40(58)52-43(36)60/h5-10,12,24-25,35-36,48H,4,11,13-23,26-28H2,1-3H3,(H,50,59)(H,49,51,53)(H,52,58,60)/q-1. The highest BCUT2D eigenvalue weighted by Crippen LogP contribution is 2.38. The maximum Gasteiger partial charge on any atom is 0.255 e. The minimum absolute atomic E-state index is 0.0297. The van der Waals surface area contributed by atoms with Gasteiger partial charge in [-0.2, -0.15) is 4.98 Å². The average Bonchev–Trinajstić information content (AvgIpc) is 3.90. The number of piperidine rings is 1. The number of ether oxygens (including phenoxy) is 4. The number of nitrogens with one attached hydrogen (secondary N) is 4. The Bertz CT molecular complexity index is 2440. The Kier molecular flexibility index (Phi) is 17.7. The number of anilines is 5. The van der Waals surface area contributed by atoms with Crippen LogP contribution in [0.4, 0.5) is 28.8 Å². The molecule has 1 saturated heterocycles. The van der Waals surface area contributed by atoms with Crippen LogP contribution in [-0.2, 0) is 53.0 Å². The van der Waals surface area contributed by atoms with Crippen LogP contribution in [0.5, 0.6) is 5.75 Å². The molecule has 2 atom stereocenters. The predicted octanol–water partition coefficient (Wildman–Crippen LogP) is 4.43. The molecule has 1 fully saturated rings. The third kappa shape index (κ3) is 12.6. The van der Waals surface area contributed by atoms with Gasteiger partial charge in [-0.15, -0.1) is 11.3 Å². The van der Waals surface area contributed by atoms with Crippen LogP contribution in [-0.4, -0.2) is 135 Å². The molecule has 0 radical (unpaired) electrons. The highest BCUT2D eigenvalue weighted by molar-refractivity contribution is 7.16. The van der Waals surface area contributed by atoms with E-state index in [1.807, 2.05) is 36.1 Å². The van der Waals surface area contributed by atoms with Crippen molar-refractivity contribution in [1.29, 1.82) is 0 Å². The zero-order valence-electron chi connectivity index (χ0n) is 38.2. The average molecular weight is 977 g/mol. The maximum atomic E-state index is 13.3. The number of thiophene rings is 1. The Balaban J connectivity index is 0.734. The van der Waals surface area contributed by atoms with Crippen LogP contribution in [0.1, 0.15) is 59.0 Å². The summed E-state index contributed by atoms with van der Waals surface area (Å²) >= 11 is 7.68. The minimum atomic E-state index is -0.729.